The first-order chi connectivity index (χ1) is 21.9. The van der Waals surface area contributed by atoms with Crippen LogP contribution in [0.15, 0.2) is 54.7 Å². The Kier molecular flexibility index (Phi) is 10.2. The predicted octanol–water partition coefficient (Wildman–Crippen LogP) is 5.72. The molecule has 0 atom stereocenters. The van der Waals surface area contributed by atoms with Crippen molar-refractivity contribution in [1.82, 2.24) is 19.4 Å². The fourth-order valence-electron chi connectivity index (χ4n) is 5.38. The zero-order valence-corrected chi connectivity index (χ0v) is 29.0. The summed E-state index contributed by atoms with van der Waals surface area (Å²) in [5.74, 6) is 6.03. The first-order valence-electron chi connectivity index (χ1n) is 15.5. The summed E-state index contributed by atoms with van der Waals surface area (Å²) in [5.41, 5.74) is 18.4. The maximum absolute atomic E-state index is 12.9. The number of piperazine rings is 1. The number of rotatable bonds is 9. The Hall–Kier alpha value is -4.14. The number of hydrogen-bond donors (Lipinski definition) is 2. The number of likely N-dealkylation sites (N-methyl/N-ethyl adjacent to an activating group) is 1. The summed E-state index contributed by atoms with van der Waals surface area (Å²) in [5, 5.41) is 0.543. The van der Waals surface area contributed by atoms with Gasteiger partial charge in [-0.05, 0) is 68.0 Å². The van der Waals surface area contributed by atoms with E-state index in [0.717, 1.165) is 48.9 Å². The van der Waals surface area contributed by atoms with E-state index in [0.29, 0.717) is 39.8 Å². The maximum atomic E-state index is 12.9. The largest absolute Gasteiger partial charge is 0.369 e. The highest BCUT2D eigenvalue weighted by Crippen LogP contribution is 2.36. The quantitative estimate of drug-likeness (QED) is 0.135. The molecule has 1 aliphatic rings. The molecule has 1 fully saturated rings. The number of nitrogen functional groups attached to an aromatic ring is 1. The van der Waals surface area contributed by atoms with Crippen LogP contribution in [0.2, 0.25) is 30.7 Å². The molecule has 1 aliphatic heterocycles. The second kappa shape index (κ2) is 14.1. The van der Waals surface area contributed by atoms with E-state index in [9.17, 15) is 4.79 Å². The van der Waals surface area contributed by atoms with Crippen LogP contribution >= 0.6 is 11.6 Å². The number of aryl methyl sites for hydroxylation is 1. The molecule has 11 heteroatoms. The molecule has 0 bridgehead atoms. The molecule has 4 N–H and O–H groups in total. The number of benzene rings is 2. The molecule has 3 heterocycles. The highest BCUT2D eigenvalue weighted by atomic mass is 35.5. The second-order valence-corrected chi connectivity index (χ2v) is 19.0. The van der Waals surface area contributed by atoms with Gasteiger partial charge in [0.2, 0.25) is 5.95 Å². The van der Waals surface area contributed by atoms with Crippen LogP contribution in [-0.4, -0.2) is 73.2 Å². The van der Waals surface area contributed by atoms with Crippen molar-refractivity contribution in [3.05, 3.63) is 82.0 Å². The standard InChI is InChI=1S/C35H42ClN7O2Si/c1-24-6-11-27(36)20-29(24)33-30(34(37)44)21-31(43(33)23-45-18-19-46(3,4)5)32-26(22-39-35(38)40-32)10-7-25-8-12-28(13-9-25)42-16-14-41(2)15-17-42/h6,8-9,11-13,20-22H,14-19,23H2,1-5H3,(H2,37,44)(H2,38,39,40). The number of carbonyl (C=O) groups is 1. The van der Waals surface area contributed by atoms with Gasteiger partial charge >= 0.3 is 0 Å². The topological polar surface area (TPSA) is 116 Å². The summed E-state index contributed by atoms with van der Waals surface area (Å²) >= 11 is 6.44. The van der Waals surface area contributed by atoms with E-state index in [1.807, 2.05) is 41.8 Å². The summed E-state index contributed by atoms with van der Waals surface area (Å²) < 4.78 is 8.16. The monoisotopic (exact) mass is 655 g/mol. The lowest BCUT2D eigenvalue weighted by atomic mass is 10.0. The van der Waals surface area contributed by atoms with Crippen molar-refractivity contribution < 1.29 is 9.53 Å². The van der Waals surface area contributed by atoms with Crippen LogP contribution in [-0.2, 0) is 11.5 Å². The Morgan fingerprint density at radius 3 is 2.43 bits per heavy atom. The van der Waals surface area contributed by atoms with Gasteiger partial charge in [-0.1, -0.05) is 49.1 Å². The molecule has 2 aromatic heterocycles. The SMILES string of the molecule is Cc1ccc(Cl)cc1-c1c(C(N)=O)cc(-c2nc(N)ncc2C#Cc2ccc(N3CCN(C)CC3)cc2)n1COCC[Si](C)(C)C. The third-order valence-corrected chi connectivity index (χ3v) is 10.1. The fraction of sp³-hybridized carbons (Fsp3) is 0.343. The first-order valence-corrected chi connectivity index (χ1v) is 19.5. The molecule has 0 spiro atoms. The number of anilines is 2. The summed E-state index contributed by atoms with van der Waals surface area (Å²) in [7, 11) is 0.809. The van der Waals surface area contributed by atoms with Crippen molar-refractivity contribution in [2.75, 3.05) is 50.5 Å². The lowest BCUT2D eigenvalue weighted by Crippen LogP contribution is -2.44. The highest BCUT2D eigenvalue weighted by Gasteiger charge is 2.25. The van der Waals surface area contributed by atoms with E-state index in [1.54, 1.807) is 12.3 Å². The lowest BCUT2D eigenvalue weighted by Gasteiger charge is -2.34. The van der Waals surface area contributed by atoms with Crippen molar-refractivity contribution >= 4 is 37.2 Å². The Morgan fingerprint density at radius 1 is 1.04 bits per heavy atom. The maximum Gasteiger partial charge on any atom is 0.250 e. The van der Waals surface area contributed by atoms with Crippen LogP contribution in [0.3, 0.4) is 0 Å². The number of aromatic nitrogens is 3. The zero-order chi connectivity index (χ0) is 33.0. The van der Waals surface area contributed by atoms with Crippen LogP contribution in [0.1, 0.15) is 27.0 Å². The number of carbonyl (C=O) groups excluding carboxylic acids is 1. The van der Waals surface area contributed by atoms with Crippen molar-refractivity contribution in [3.8, 4) is 34.5 Å². The number of halogens is 1. The van der Waals surface area contributed by atoms with E-state index in [2.05, 4.69) is 70.4 Å². The van der Waals surface area contributed by atoms with E-state index in [1.165, 1.54) is 5.69 Å². The highest BCUT2D eigenvalue weighted by molar-refractivity contribution is 6.76. The van der Waals surface area contributed by atoms with Gasteiger partial charge in [-0.25, -0.2) is 9.97 Å². The number of nitrogens with zero attached hydrogens (tertiary/aromatic N) is 5. The van der Waals surface area contributed by atoms with Crippen LogP contribution in [0, 0.1) is 18.8 Å². The summed E-state index contributed by atoms with van der Waals surface area (Å²) in [4.78, 5) is 26.5. The fourth-order valence-corrected chi connectivity index (χ4v) is 6.31. The molecule has 9 nitrogen and oxygen atoms in total. The van der Waals surface area contributed by atoms with Gasteiger partial charge in [0.05, 0.1) is 22.5 Å². The van der Waals surface area contributed by atoms with E-state index >= 15 is 0 Å². The van der Waals surface area contributed by atoms with Gasteiger partial charge in [-0.15, -0.1) is 0 Å². The molecule has 4 aromatic rings. The third kappa shape index (κ3) is 7.98. The third-order valence-electron chi connectivity index (χ3n) is 8.16. The number of amides is 1. The smallest absolute Gasteiger partial charge is 0.250 e. The van der Waals surface area contributed by atoms with Gasteiger partial charge in [-0.2, -0.15) is 0 Å². The molecule has 1 amide bonds. The number of hydrogen-bond acceptors (Lipinski definition) is 7. The van der Waals surface area contributed by atoms with Crippen molar-refractivity contribution in [2.45, 2.75) is 39.3 Å². The minimum absolute atomic E-state index is 0.0885. The Balaban J connectivity index is 1.57. The Morgan fingerprint density at radius 2 is 1.76 bits per heavy atom. The number of primary amides is 1. The number of nitrogens with two attached hydrogens (primary N) is 2. The number of ether oxygens (including phenoxy) is 1. The first kappa shape index (κ1) is 33.2. The molecule has 1 saturated heterocycles. The second-order valence-electron chi connectivity index (χ2n) is 13.0. The van der Waals surface area contributed by atoms with Gasteiger partial charge in [0.15, 0.2) is 0 Å². The van der Waals surface area contributed by atoms with E-state index < -0.39 is 14.0 Å². The van der Waals surface area contributed by atoms with E-state index in [4.69, 9.17) is 27.8 Å². The van der Waals surface area contributed by atoms with Crippen molar-refractivity contribution in [2.24, 2.45) is 5.73 Å². The van der Waals surface area contributed by atoms with Crippen LogP contribution in [0.25, 0.3) is 22.6 Å². The molecular weight excluding hydrogens is 614 g/mol. The predicted molar refractivity (Wildman–Crippen MR) is 190 cm³/mol. The van der Waals surface area contributed by atoms with Gasteiger partial charge in [0.1, 0.15) is 12.4 Å². The molecule has 0 radical (unpaired) electrons. The Labute approximate surface area is 277 Å². The molecule has 46 heavy (non-hydrogen) atoms. The Bertz CT molecular complexity index is 1780. The van der Waals surface area contributed by atoms with Gasteiger partial charge < -0.3 is 30.6 Å². The zero-order valence-electron chi connectivity index (χ0n) is 27.2. The summed E-state index contributed by atoms with van der Waals surface area (Å²) in [6.45, 7) is 13.7. The molecule has 0 unspecified atom stereocenters. The van der Waals surface area contributed by atoms with Crippen molar-refractivity contribution in [3.63, 3.8) is 0 Å². The molecule has 240 valence electrons. The van der Waals surface area contributed by atoms with Gasteiger partial charge in [0, 0.05) is 68.9 Å². The van der Waals surface area contributed by atoms with Crippen LogP contribution in [0.4, 0.5) is 11.6 Å². The molecule has 2 aromatic carbocycles. The van der Waals surface area contributed by atoms with E-state index in [-0.39, 0.29) is 12.7 Å². The lowest BCUT2D eigenvalue weighted by molar-refractivity contribution is 0.0893. The minimum atomic E-state index is -1.34. The minimum Gasteiger partial charge on any atom is -0.369 e. The van der Waals surface area contributed by atoms with Crippen LogP contribution < -0.4 is 16.4 Å². The molecule has 5 rings (SSSR count). The molecule has 0 aliphatic carbocycles. The molecule has 0 saturated carbocycles. The average molecular weight is 656 g/mol. The summed E-state index contributed by atoms with van der Waals surface area (Å²) in [6.07, 6.45) is 1.61. The van der Waals surface area contributed by atoms with Gasteiger partial charge in [-0.3, -0.25) is 4.79 Å². The molecular formula is C35H42ClN7O2Si. The normalized spacial score (nSPS) is 13.8. The van der Waals surface area contributed by atoms with Gasteiger partial charge in [0.25, 0.3) is 5.91 Å². The average Bonchev–Trinajstić information content (AvgIpc) is 3.39. The van der Waals surface area contributed by atoms with Crippen LogP contribution in [0.5, 0.6) is 0 Å². The summed E-state index contributed by atoms with van der Waals surface area (Å²) in [6, 6.07) is 16.6. The van der Waals surface area contributed by atoms with Crippen molar-refractivity contribution in [1.29, 1.82) is 0 Å².